The van der Waals surface area contributed by atoms with Crippen molar-refractivity contribution in [2.75, 3.05) is 0 Å². The minimum atomic E-state index is -4.96. The number of pyridine rings is 1. The molecule has 1 aromatic rings. The van der Waals surface area contributed by atoms with Gasteiger partial charge in [0.15, 0.2) is 0 Å². The molecule has 0 atom stereocenters. The first-order valence-electron chi connectivity index (χ1n) is 4.03. The van der Waals surface area contributed by atoms with Gasteiger partial charge in [0.25, 0.3) is 6.43 Å². The van der Waals surface area contributed by atoms with E-state index in [-0.39, 0.29) is 5.56 Å². The van der Waals surface area contributed by atoms with Crippen molar-refractivity contribution in [2.45, 2.75) is 18.7 Å². The number of halogens is 7. The first-order chi connectivity index (χ1) is 7.74. The summed E-state index contributed by atoms with van der Waals surface area (Å²) in [6.07, 6.45) is -7.83. The van der Waals surface area contributed by atoms with E-state index in [1.807, 2.05) is 0 Å². The third-order valence-electron chi connectivity index (χ3n) is 1.63. The van der Waals surface area contributed by atoms with Crippen LogP contribution in [0, 0.1) is 0 Å². The molecular weight excluding hydrogens is 336 g/mol. The highest BCUT2D eigenvalue weighted by molar-refractivity contribution is 9.10. The van der Waals surface area contributed by atoms with Gasteiger partial charge in [-0.2, -0.15) is 0 Å². The maximum Gasteiger partial charge on any atom is 0.574 e. The van der Waals surface area contributed by atoms with Crippen LogP contribution < -0.4 is 4.74 Å². The van der Waals surface area contributed by atoms with E-state index in [9.17, 15) is 22.0 Å². The van der Waals surface area contributed by atoms with Crippen LogP contribution in [0.3, 0.4) is 0 Å². The van der Waals surface area contributed by atoms with Crippen LogP contribution in [-0.4, -0.2) is 11.3 Å². The smallest absolute Gasteiger partial charge is 0.387 e. The van der Waals surface area contributed by atoms with Crippen molar-refractivity contribution < 1.29 is 26.7 Å². The van der Waals surface area contributed by atoms with Gasteiger partial charge in [0.2, 0.25) is 5.88 Å². The van der Waals surface area contributed by atoms with Crippen molar-refractivity contribution >= 4 is 27.5 Å². The normalized spacial score (nSPS) is 12.0. The van der Waals surface area contributed by atoms with Crippen molar-refractivity contribution in [2.24, 2.45) is 0 Å². The number of rotatable bonds is 3. The molecular formula is C8H4BrClF5NO. The van der Waals surface area contributed by atoms with Gasteiger partial charge in [0.05, 0.1) is 11.4 Å². The highest BCUT2D eigenvalue weighted by Gasteiger charge is 2.33. The molecule has 0 saturated heterocycles. The third-order valence-corrected chi connectivity index (χ3v) is 2.56. The molecule has 1 aromatic heterocycles. The summed E-state index contributed by atoms with van der Waals surface area (Å²) in [7, 11) is 0. The predicted octanol–water partition coefficient (Wildman–Crippen LogP) is 4.42. The molecule has 0 aromatic carbocycles. The lowest BCUT2D eigenvalue weighted by atomic mass is 10.2. The molecule has 0 bridgehead atoms. The van der Waals surface area contributed by atoms with Gasteiger partial charge in [0, 0.05) is 5.56 Å². The highest BCUT2D eigenvalue weighted by atomic mass is 79.9. The summed E-state index contributed by atoms with van der Waals surface area (Å²) < 4.78 is 64.0. The van der Waals surface area contributed by atoms with Crippen molar-refractivity contribution in [1.29, 1.82) is 0 Å². The number of ether oxygens (including phenoxy) is 1. The fourth-order valence-corrected chi connectivity index (χ4v) is 1.62. The Kier molecular flexibility index (Phi) is 4.54. The maximum atomic E-state index is 12.4. The Balaban J connectivity index is 3.19. The predicted molar refractivity (Wildman–Crippen MR) is 53.1 cm³/mol. The summed E-state index contributed by atoms with van der Waals surface area (Å²) in [5.74, 6) is -1.27. The molecule has 0 radical (unpaired) electrons. The second kappa shape index (κ2) is 5.34. The monoisotopic (exact) mass is 339 g/mol. The molecule has 17 heavy (non-hydrogen) atoms. The molecule has 2 nitrogen and oxygen atoms in total. The molecule has 96 valence electrons. The Bertz CT molecular complexity index is 412. The van der Waals surface area contributed by atoms with E-state index in [4.69, 9.17) is 11.6 Å². The minimum absolute atomic E-state index is 0.262. The molecule has 0 unspecified atom stereocenters. The molecule has 0 aliphatic rings. The molecule has 0 fully saturated rings. The van der Waals surface area contributed by atoms with Crippen LogP contribution in [0.25, 0.3) is 0 Å². The topological polar surface area (TPSA) is 22.1 Å². The van der Waals surface area contributed by atoms with Crippen molar-refractivity contribution in [3.8, 4) is 5.88 Å². The Morgan fingerprint density at radius 1 is 1.41 bits per heavy atom. The van der Waals surface area contributed by atoms with E-state index in [1.165, 1.54) is 0 Å². The number of aromatic nitrogens is 1. The number of hydrogen-bond acceptors (Lipinski definition) is 2. The zero-order valence-electron chi connectivity index (χ0n) is 7.86. The van der Waals surface area contributed by atoms with Crippen LogP contribution in [-0.2, 0) is 5.88 Å². The van der Waals surface area contributed by atoms with E-state index in [1.54, 1.807) is 0 Å². The average molecular weight is 340 g/mol. The molecule has 9 heteroatoms. The minimum Gasteiger partial charge on any atom is -0.387 e. The first-order valence-corrected chi connectivity index (χ1v) is 5.36. The summed E-state index contributed by atoms with van der Waals surface area (Å²) in [6.45, 7) is 0. The zero-order valence-corrected chi connectivity index (χ0v) is 10.2. The third kappa shape index (κ3) is 3.95. The number of alkyl halides is 6. The standard InChI is InChI=1S/C8H4BrClF5NO/c9-5-4(6(11)12)1-3(2-10)7(16-5)17-8(13,14)15/h1,6H,2H2. The summed E-state index contributed by atoms with van der Waals surface area (Å²) >= 11 is 7.98. The lowest BCUT2D eigenvalue weighted by molar-refractivity contribution is -0.276. The van der Waals surface area contributed by atoms with E-state index in [2.05, 4.69) is 25.7 Å². The van der Waals surface area contributed by atoms with Crippen LogP contribution in [0.2, 0.25) is 0 Å². The van der Waals surface area contributed by atoms with Crippen molar-refractivity contribution in [1.82, 2.24) is 4.98 Å². The fourth-order valence-electron chi connectivity index (χ4n) is 0.981. The molecule has 0 aliphatic heterocycles. The van der Waals surface area contributed by atoms with E-state index < -0.39 is 34.7 Å². The van der Waals surface area contributed by atoms with E-state index in [0.29, 0.717) is 0 Å². The van der Waals surface area contributed by atoms with Gasteiger partial charge >= 0.3 is 6.36 Å². The van der Waals surface area contributed by atoms with Gasteiger partial charge in [-0.3, -0.25) is 0 Å². The molecule has 0 amide bonds. The molecule has 0 spiro atoms. The Morgan fingerprint density at radius 3 is 2.41 bits per heavy atom. The molecule has 0 aliphatic carbocycles. The largest absolute Gasteiger partial charge is 0.574 e. The average Bonchev–Trinajstić information content (AvgIpc) is 2.14. The van der Waals surface area contributed by atoms with Gasteiger partial charge in [-0.1, -0.05) is 0 Å². The van der Waals surface area contributed by atoms with Crippen LogP contribution in [0.15, 0.2) is 10.7 Å². The van der Waals surface area contributed by atoms with Crippen LogP contribution in [0.5, 0.6) is 5.88 Å². The quantitative estimate of drug-likeness (QED) is 0.462. The lowest BCUT2D eigenvalue weighted by Gasteiger charge is -2.13. The van der Waals surface area contributed by atoms with Gasteiger partial charge in [-0.15, -0.1) is 24.8 Å². The van der Waals surface area contributed by atoms with Crippen molar-refractivity contribution in [3.63, 3.8) is 0 Å². The summed E-state index contributed by atoms with van der Waals surface area (Å²) in [5.41, 5.74) is -0.808. The second-order valence-corrected chi connectivity index (χ2v) is 3.83. The lowest BCUT2D eigenvalue weighted by Crippen LogP contribution is -2.19. The highest BCUT2D eigenvalue weighted by Crippen LogP contribution is 2.33. The van der Waals surface area contributed by atoms with Gasteiger partial charge < -0.3 is 4.74 Å². The van der Waals surface area contributed by atoms with Crippen molar-refractivity contribution in [3.05, 3.63) is 21.8 Å². The van der Waals surface area contributed by atoms with E-state index >= 15 is 0 Å². The Labute approximate surface area is 106 Å². The second-order valence-electron chi connectivity index (χ2n) is 2.81. The Hall–Kier alpha value is -0.630. The first kappa shape index (κ1) is 14.4. The van der Waals surface area contributed by atoms with Gasteiger partial charge in [-0.05, 0) is 22.0 Å². The van der Waals surface area contributed by atoms with Crippen LogP contribution in [0.1, 0.15) is 17.6 Å². The van der Waals surface area contributed by atoms with Gasteiger partial charge in [-0.25, -0.2) is 13.8 Å². The number of nitrogens with zero attached hydrogens (tertiary/aromatic N) is 1. The Morgan fingerprint density at radius 2 is 2.00 bits per heavy atom. The molecule has 1 heterocycles. The van der Waals surface area contributed by atoms with E-state index in [0.717, 1.165) is 6.07 Å². The molecule has 1 rings (SSSR count). The summed E-state index contributed by atoms with van der Waals surface area (Å²) in [6, 6.07) is 0.815. The zero-order chi connectivity index (χ0) is 13.2. The van der Waals surface area contributed by atoms with Crippen LogP contribution >= 0.6 is 27.5 Å². The fraction of sp³-hybridized carbons (Fsp3) is 0.375. The van der Waals surface area contributed by atoms with Crippen LogP contribution in [0.4, 0.5) is 22.0 Å². The molecule has 0 saturated carbocycles. The van der Waals surface area contributed by atoms with Gasteiger partial charge in [0.1, 0.15) is 4.60 Å². The summed E-state index contributed by atoms with van der Waals surface area (Å²) in [5, 5.41) is 0. The number of hydrogen-bond donors (Lipinski definition) is 0. The molecule has 0 N–H and O–H groups in total. The summed E-state index contributed by atoms with van der Waals surface area (Å²) in [4.78, 5) is 3.26. The maximum absolute atomic E-state index is 12.4. The SMILES string of the molecule is FC(F)c1cc(CCl)c(OC(F)(F)F)nc1Br.